The van der Waals surface area contributed by atoms with Gasteiger partial charge in [0, 0.05) is 11.4 Å². The SMILES string of the molecule is Cc1cc(C)n(Cc2cccc(NC(=O)C(C)n3nc(C(F)F)cc3C(F)F)c2)n1. The van der Waals surface area contributed by atoms with Crippen LogP contribution in [-0.4, -0.2) is 25.5 Å². The van der Waals surface area contributed by atoms with Crippen LogP contribution >= 0.6 is 0 Å². The van der Waals surface area contributed by atoms with Crippen molar-refractivity contribution in [1.82, 2.24) is 19.6 Å². The minimum Gasteiger partial charge on any atom is -0.324 e. The summed E-state index contributed by atoms with van der Waals surface area (Å²) < 4.78 is 54.6. The predicted octanol–water partition coefficient (Wildman–Crippen LogP) is 4.82. The van der Waals surface area contributed by atoms with Gasteiger partial charge in [-0.25, -0.2) is 17.6 Å². The highest BCUT2D eigenvalue weighted by molar-refractivity contribution is 5.93. The van der Waals surface area contributed by atoms with Crippen molar-refractivity contribution >= 4 is 11.6 Å². The number of amides is 1. The van der Waals surface area contributed by atoms with Crippen molar-refractivity contribution in [3.05, 3.63) is 64.7 Å². The summed E-state index contributed by atoms with van der Waals surface area (Å²) in [6.45, 7) is 5.64. The first-order chi connectivity index (χ1) is 14.2. The number of nitrogens with zero attached hydrogens (tertiary/aromatic N) is 4. The molecular formula is C20H21F4N5O. The number of hydrogen-bond acceptors (Lipinski definition) is 3. The Kier molecular flexibility index (Phi) is 6.23. The maximum atomic E-state index is 13.2. The standard InChI is InChI=1S/C20H21F4N5O/c1-11-7-12(2)28(26-11)10-14-5-4-6-15(8-14)25-20(30)13(3)29-17(19(23)24)9-16(27-29)18(21)22/h4-9,13,18-19H,10H2,1-3H3,(H,25,30). The second-order valence-electron chi connectivity index (χ2n) is 6.99. The molecule has 0 fully saturated rings. The van der Waals surface area contributed by atoms with Gasteiger partial charge in [0.25, 0.3) is 12.9 Å². The van der Waals surface area contributed by atoms with Crippen LogP contribution in [0.4, 0.5) is 23.2 Å². The predicted molar refractivity (Wildman–Crippen MR) is 103 cm³/mol. The topological polar surface area (TPSA) is 64.7 Å². The molecule has 30 heavy (non-hydrogen) atoms. The lowest BCUT2D eigenvalue weighted by molar-refractivity contribution is -0.119. The molecule has 0 aliphatic carbocycles. The monoisotopic (exact) mass is 423 g/mol. The molecule has 6 nitrogen and oxygen atoms in total. The quantitative estimate of drug-likeness (QED) is 0.554. The van der Waals surface area contributed by atoms with Crippen LogP contribution in [0.1, 0.15) is 54.2 Å². The number of alkyl halides is 4. The number of benzene rings is 1. The molecular weight excluding hydrogens is 402 g/mol. The maximum Gasteiger partial charge on any atom is 0.282 e. The smallest absolute Gasteiger partial charge is 0.282 e. The molecule has 3 aromatic rings. The van der Waals surface area contributed by atoms with E-state index in [1.807, 2.05) is 30.7 Å². The van der Waals surface area contributed by atoms with Gasteiger partial charge in [-0.15, -0.1) is 0 Å². The number of aromatic nitrogens is 4. The van der Waals surface area contributed by atoms with Gasteiger partial charge in [0.05, 0.1) is 12.2 Å². The number of carbonyl (C=O) groups is 1. The summed E-state index contributed by atoms with van der Waals surface area (Å²) in [5.74, 6) is -0.649. The highest BCUT2D eigenvalue weighted by Gasteiger charge is 2.27. The molecule has 1 unspecified atom stereocenters. The molecule has 1 amide bonds. The van der Waals surface area contributed by atoms with Crippen molar-refractivity contribution in [1.29, 1.82) is 0 Å². The van der Waals surface area contributed by atoms with Crippen LogP contribution < -0.4 is 5.32 Å². The van der Waals surface area contributed by atoms with Crippen LogP contribution in [0.25, 0.3) is 0 Å². The van der Waals surface area contributed by atoms with E-state index in [9.17, 15) is 22.4 Å². The summed E-state index contributed by atoms with van der Waals surface area (Å²) in [5, 5.41) is 10.5. The van der Waals surface area contributed by atoms with Gasteiger partial charge in [0.15, 0.2) is 0 Å². The van der Waals surface area contributed by atoms with E-state index in [4.69, 9.17) is 0 Å². The van der Waals surface area contributed by atoms with Crippen molar-refractivity contribution in [2.24, 2.45) is 0 Å². The average Bonchev–Trinajstić information content (AvgIpc) is 3.25. The molecule has 0 bridgehead atoms. The highest BCUT2D eigenvalue weighted by Crippen LogP contribution is 2.28. The van der Waals surface area contributed by atoms with Crippen molar-refractivity contribution in [3.8, 4) is 0 Å². The third kappa shape index (κ3) is 4.69. The van der Waals surface area contributed by atoms with E-state index >= 15 is 0 Å². The van der Waals surface area contributed by atoms with Crippen molar-refractivity contribution < 1.29 is 22.4 Å². The maximum absolute atomic E-state index is 13.2. The zero-order chi connectivity index (χ0) is 22.0. The van der Waals surface area contributed by atoms with Crippen molar-refractivity contribution in [3.63, 3.8) is 0 Å². The van der Waals surface area contributed by atoms with Gasteiger partial charge in [-0.1, -0.05) is 12.1 Å². The number of halogens is 4. The van der Waals surface area contributed by atoms with Gasteiger partial charge in [0.1, 0.15) is 17.4 Å². The fraction of sp³-hybridized carbons (Fsp3) is 0.350. The first-order valence-corrected chi connectivity index (χ1v) is 9.22. The summed E-state index contributed by atoms with van der Waals surface area (Å²) in [7, 11) is 0. The van der Waals surface area contributed by atoms with Crippen LogP contribution in [-0.2, 0) is 11.3 Å². The average molecular weight is 423 g/mol. The van der Waals surface area contributed by atoms with E-state index in [0.29, 0.717) is 23.0 Å². The Hall–Kier alpha value is -3.17. The van der Waals surface area contributed by atoms with E-state index in [-0.39, 0.29) is 0 Å². The third-order valence-electron chi connectivity index (χ3n) is 4.61. The number of rotatable bonds is 7. The first-order valence-electron chi connectivity index (χ1n) is 9.22. The molecule has 0 aliphatic heterocycles. The highest BCUT2D eigenvalue weighted by atomic mass is 19.3. The normalized spacial score (nSPS) is 12.6. The number of carbonyl (C=O) groups excluding carboxylic acids is 1. The molecule has 1 N–H and O–H groups in total. The Morgan fingerprint density at radius 1 is 1.07 bits per heavy atom. The Balaban J connectivity index is 1.77. The van der Waals surface area contributed by atoms with E-state index < -0.39 is 36.2 Å². The van der Waals surface area contributed by atoms with E-state index in [2.05, 4.69) is 15.5 Å². The summed E-state index contributed by atoms with van der Waals surface area (Å²) in [6.07, 6.45) is -6.05. The summed E-state index contributed by atoms with van der Waals surface area (Å²) in [4.78, 5) is 12.6. The van der Waals surface area contributed by atoms with Gasteiger partial charge in [-0.3, -0.25) is 14.2 Å². The number of aryl methyl sites for hydroxylation is 2. The second-order valence-corrected chi connectivity index (χ2v) is 6.99. The Morgan fingerprint density at radius 2 is 1.80 bits per heavy atom. The Morgan fingerprint density at radius 3 is 2.40 bits per heavy atom. The van der Waals surface area contributed by atoms with E-state index in [1.54, 1.807) is 18.2 Å². The molecule has 0 radical (unpaired) electrons. The molecule has 1 aromatic carbocycles. The Bertz CT molecular complexity index is 1040. The Labute approximate surface area is 170 Å². The zero-order valence-corrected chi connectivity index (χ0v) is 16.6. The molecule has 3 rings (SSSR count). The molecule has 2 heterocycles. The lowest BCUT2D eigenvalue weighted by atomic mass is 10.2. The fourth-order valence-electron chi connectivity index (χ4n) is 3.12. The molecule has 0 aliphatic rings. The largest absolute Gasteiger partial charge is 0.324 e. The van der Waals surface area contributed by atoms with Crippen LogP contribution in [0.15, 0.2) is 36.4 Å². The molecule has 0 spiro atoms. The third-order valence-corrected chi connectivity index (χ3v) is 4.61. The van der Waals surface area contributed by atoms with Crippen molar-refractivity contribution in [2.75, 3.05) is 5.32 Å². The minimum atomic E-state index is -3.04. The van der Waals surface area contributed by atoms with Gasteiger partial charge >= 0.3 is 0 Å². The summed E-state index contributed by atoms with van der Waals surface area (Å²) in [5.41, 5.74) is 1.68. The van der Waals surface area contributed by atoms with E-state index in [0.717, 1.165) is 17.0 Å². The van der Waals surface area contributed by atoms with Gasteiger partial charge in [0.2, 0.25) is 5.91 Å². The molecule has 160 valence electrons. The zero-order valence-electron chi connectivity index (χ0n) is 16.6. The number of nitrogens with one attached hydrogen (secondary N) is 1. The van der Waals surface area contributed by atoms with Crippen LogP contribution in [0.5, 0.6) is 0 Å². The van der Waals surface area contributed by atoms with Gasteiger partial charge in [-0.05, 0) is 50.6 Å². The summed E-state index contributed by atoms with van der Waals surface area (Å²) >= 11 is 0. The molecule has 0 saturated heterocycles. The van der Waals surface area contributed by atoms with Crippen LogP contribution in [0.3, 0.4) is 0 Å². The lowest BCUT2D eigenvalue weighted by Crippen LogP contribution is -2.26. The molecule has 1 atom stereocenters. The molecule has 2 aromatic heterocycles. The van der Waals surface area contributed by atoms with Crippen LogP contribution in [0.2, 0.25) is 0 Å². The number of hydrogen-bond donors (Lipinski definition) is 1. The number of anilines is 1. The van der Waals surface area contributed by atoms with Crippen LogP contribution in [0, 0.1) is 13.8 Å². The van der Waals surface area contributed by atoms with E-state index in [1.165, 1.54) is 6.92 Å². The van der Waals surface area contributed by atoms with Crippen molar-refractivity contribution in [2.45, 2.75) is 46.2 Å². The van der Waals surface area contributed by atoms with Gasteiger partial charge < -0.3 is 5.32 Å². The molecule has 0 saturated carbocycles. The fourth-order valence-corrected chi connectivity index (χ4v) is 3.12. The first kappa shape index (κ1) is 21.5. The lowest BCUT2D eigenvalue weighted by Gasteiger charge is -2.16. The second kappa shape index (κ2) is 8.68. The van der Waals surface area contributed by atoms with Gasteiger partial charge in [-0.2, -0.15) is 10.2 Å². The minimum absolute atomic E-state index is 0.450. The molecule has 10 heteroatoms. The summed E-state index contributed by atoms with van der Waals surface area (Å²) in [6, 6.07) is 8.36.